The molecule has 0 bridgehead atoms. The molecule has 3 aliphatic rings. The van der Waals surface area contributed by atoms with E-state index in [0.717, 1.165) is 44.3 Å². The van der Waals surface area contributed by atoms with E-state index in [0.29, 0.717) is 11.9 Å². The molecule has 1 N–H and O–H groups in total. The molecule has 0 aromatic carbocycles. The standard InChI is InChI=1S/C10H16N2O/c13-9-3-1-2-4-12(9)10-7-5-11-6-8(7)10/h7-8,10-11H,1-6H2. The largest absolute Gasteiger partial charge is 0.339 e. The summed E-state index contributed by atoms with van der Waals surface area (Å²) in [4.78, 5) is 13.8. The van der Waals surface area contributed by atoms with Crippen molar-refractivity contribution in [3.8, 4) is 0 Å². The smallest absolute Gasteiger partial charge is 0.222 e. The molecule has 2 unspecified atom stereocenters. The van der Waals surface area contributed by atoms with E-state index in [1.165, 1.54) is 6.42 Å². The van der Waals surface area contributed by atoms with Crippen molar-refractivity contribution >= 4 is 5.91 Å². The average Bonchev–Trinajstić information content (AvgIpc) is 2.61. The zero-order valence-electron chi connectivity index (χ0n) is 7.83. The number of likely N-dealkylation sites (tertiary alicyclic amines) is 1. The summed E-state index contributed by atoms with van der Waals surface area (Å²) in [5.74, 6) is 2.00. The number of carbonyl (C=O) groups excluding carboxylic acids is 1. The summed E-state index contributed by atoms with van der Waals surface area (Å²) in [6.45, 7) is 3.30. The van der Waals surface area contributed by atoms with Gasteiger partial charge in [-0.1, -0.05) is 0 Å². The van der Waals surface area contributed by atoms with Crippen molar-refractivity contribution < 1.29 is 4.79 Å². The molecule has 3 fully saturated rings. The molecule has 2 saturated heterocycles. The quantitative estimate of drug-likeness (QED) is 0.626. The predicted octanol–water partition coefficient (Wildman–Crippen LogP) is 0.217. The first kappa shape index (κ1) is 7.80. The van der Waals surface area contributed by atoms with Crippen molar-refractivity contribution in [3.63, 3.8) is 0 Å². The number of amides is 1. The van der Waals surface area contributed by atoms with Gasteiger partial charge in [0.05, 0.1) is 0 Å². The van der Waals surface area contributed by atoms with E-state index >= 15 is 0 Å². The van der Waals surface area contributed by atoms with Crippen molar-refractivity contribution in [2.75, 3.05) is 19.6 Å². The Morgan fingerprint density at radius 1 is 1.23 bits per heavy atom. The van der Waals surface area contributed by atoms with Gasteiger partial charge in [-0.15, -0.1) is 0 Å². The fraction of sp³-hybridized carbons (Fsp3) is 0.900. The topological polar surface area (TPSA) is 32.3 Å². The van der Waals surface area contributed by atoms with Crippen molar-refractivity contribution in [1.29, 1.82) is 0 Å². The van der Waals surface area contributed by atoms with Gasteiger partial charge in [0.15, 0.2) is 0 Å². The van der Waals surface area contributed by atoms with Gasteiger partial charge in [-0.25, -0.2) is 0 Å². The molecule has 3 heteroatoms. The molecular formula is C10H16N2O. The van der Waals surface area contributed by atoms with Crippen LogP contribution in [0.3, 0.4) is 0 Å². The van der Waals surface area contributed by atoms with Gasteiger partial charge in [0, 0.05) is 32.1 Å². The summed E-state index contributed by atoms with van der Waals surface area (Å²) >= 11 is 0. The van der Waals surface area contributed by atoms with E-state index < -0.39 is 0 Å². The lowest BCUT2D eigenvalue weighted by molar-refractivity contribution is -0.134. The first-order chi connectivity index (χ1) is 6.38. The van der Waals surface area contributed by atoms with Crippen LogP contribution in [-0.2, 0) is 4.79 Å². The number of hydrogen-bond acceptors (Lipinski definition) is 2. The molecule has 0 spiro atoms. The number of rotatable bonds is 1. The Balaban J connectivity index is 1.68. The highest BCUT2D eigenvalue weighted by Crippen LogP contribution is 2.46. The van der Waals surface area contributed by atoms with Gasteiger partial charge in [0.2, 0.25) is 5.91 Å². The third kappa shape index (κ3) is 1.10. The lowest BCUT2D eigenvalue weighted by Crippen LogP contribution is -2.40. The minimum absolute atomic E-state index is 0.408. The van der Waals surface area contributed by atoms with E-state index in [9.17, 15) is 4.79 Å². The monoisotopic (exact) mass is 180 g/mol. The average molecular weight is 180 g/mol. The molecule has 2 heterocycles. The van der Waals surface area contributed by atoms with Gasteiger partial charge in [-0.2, -0.15) is 0 Å². The van der Waals surface area contributed by atoms with Crippen LogP contribution in [0.5, 0.6) is 0 Å². The van der Waals surface area contributed by atoms with E-state index in [4.69, 9.17) is 0 Å². The van der Waals surface area contributed by atoms with Crippen LogP contribution >= 0.6 is 0 Å². The molecule has 1 amide bonds. The van der Waals surface area contributed by atoms with Crippen molar-refractivity contribution in [2.45, 2.75) is 25.3 Å². The second-order valence-corrected chi connectivity index (χ2v) is 4.52. The molecule has 2 aliphatic heterocycles. The summed E-state index contributed by atoms with van der Waals surface area (Å²) < 4.78 is 0. The molecule has 13 heavy (non-hydrogen) atoms. The van der Waals surface area contributed by atoms with Gasteiger partial charge in [-0.05, 0) is 24.7 Å². The molecule has 72 valence electrons. The van der Waals surface area contributed by atoms with Gasteiger partial charge in [-0.3, -0.25) is 4.79 Å². The van der Waals surface area contributed by atoms with Gasteiger partial charge < -0.3 is 10.2 Å². The predicted molar refractivity (Wildman–Crippen MR) is 49.2 cm³/mol. The SMILES string of the molecule is O=C1CCCCN1C1C2CNCC21. The minimum atomic E-state index is 0.408. The Labute approximate surface area is 78.5 Å². The van der Waals surface area contributed by atoms with Crippen molar-refractivity contribution in [2.24, 2.45) is 11.8 Å². The van der Waals surface area contributed by atoms with Crippen LogP contribution < -0.4 is 5.32 Å². The Morgan fingerprint density at radius 2 is 2.00 bits per heavy atom. The lowest BCUT2D eigenvalue weighted by Gasteiger charge is -2.28. The van der Waals surface area contributed by atoms with E-state index in [1.54, 1.807) is 0 Å². The van der Waals surface area contributed by atoms with E-state index in [1.807, 2.05) is 0 Å². The van der Waals surface area contributed by atoms with Crippen LogP contribution in [0.2, 0.25) is 0 Å². The van der Waals surface area contributed by atoms with Crippen molar-refractivity contribution in [3.05, 3.63) is 0 Å². The van der Waals surface area contributed by atoms with Crippen LogP contribution in [0.1, 0.15) is 19.3 Å². The maximum atomic E-state index is 11.6. The third-order valence-corrected chi connectivity index (χ3v) is 3.77. The Kier molecular flexibility index (Phi) is 1.62. The summed E-state index contributed by atoms with van der Waals surface area (Å²) in [5.41, 5.74) is 0. The highest BCUT2D eigenvalue weighted by Gasteiger charge is 2.56. The van der Waals surface area contributed by atoms with Crippen LogP contribution in [0.4, 0.5) is 0 Å². The third-order valence-electron chi connectivity index (χ3n) is 3.77. The molecule has 0 aromatic heterocycles. The number of fused-ring (bicyclic) bond motifs is 1. The normalized spacial score (nSPS) is 43.5. The molecule has 3 rings (SSSR count). The van der Waals surface area contributed by atoms with Crippen molar-refractivity contribution in [1.82, 2.24) is 10.2 Å². The van der Waals surface area contributed by atoms with Gasteiger partial charge >= 0.3 is 0 Å². The highest BCUT2D eigenvalue weighted by atomic mass is 16.2. The first-order valence-corrected chi connectivity index (χ1v) is 5.38. The molecule has 1 aliphatic carbocycles. The molecule has 1 saturated carbocycles. The lowest BCUT2D eigenvalue weighted by atomic mass is 10.1. The Morgan fingerprint density at radius 3 is 2.69 bits per heavy atom. The number of nitrogens with one attached hydrogen (secondary N) is 1. The van der Waals surface area contributed by atoms with Gasteiger partial charge in [0.1, 0.15) is 0 Å². The van der Waals surface area contributed by atoms with E-state index in [2.05, 4.69) is 10.2 Å². The van der Waals surface area contributed by atoms with Gasteiger partial charge in [0.25, 0.3) is 0 Å². The molecule has 3 nitrogen and oxygen atoms in total. The number of piperidine rings is 2. The number of carbonyl (C=O) groups is 1. The zero-order chi connectivity index (χ0) is 8.84. The minimum Gasteiger partial charge on any atom is -0.339 e. The fourth-order valence-corrected chi connectivity index (χ4v) is 2.99. The summed E-state index contributed by atoms with van der Waals surface area (Å²) in [5, 5.41) is 3.37. The second-order valence-electron chi connectivity index (χ2n) is 4.52. The molecule has 0 aromatic rings. The Bertz CT molecular complexity index is 231. The number of nitrogens with zero attached hydrogens (tertiary/aromatic N) is 1. The molecule has 0 radical (unpaired) electrons. The maximum Gasteiger partial charge on any atom is 0.222 e. The summed E-state index contributed by atoms with van der Waals surface area (Å²) in [6.07, 6.45) is 3.12. The van der Waals surface area contributed by atoms with Crippen LogP contribution in [0, 0.1) is 11.8 Å². The van der Waals surface area contributed by atoms with Crippen LogP contribution in [0.25, 0.3) is 0 Å². The maximum absolute atomic E-state index is 11.6. The Hall–Kier alpha value is -0.570. The fourth-order valence-electron chi connectivity index (χ4n) is 2.99. The zero-order valence-corrected chi connectivity index (χ0v) is 7.83. The van der Waals surface area contributed by atoms with E-state index in [-0.39, 0.29) is 0 Å². The second kappa shape index (κ2) is 2.71. The summed E-state index contributed by atoms with van der Waals surface area (Å²) in [7, 11) is 0. The highest BCUT2D eigenvalue weighted by molar-refractivity contribution is 5.77. The first-order valence-electron chi connectivity index (χ1n) is 5.38. The number of hydrogen-bond donors (Lipinski definition) is 1. The van der Waals surface area contributed by atoms with Crippen LogP contribution in [0.15, 0.2) is 0 Å². The molecular weight excluding hydrogens is 164 g/mol. The van der Waals surface area contributed by atoms with Crippen LogP contribution in [-0.4, -0.2) is 36.5 Å². The summed E-state index contributed by atoms with van der Waals surface area (Å²) in [6, 6.07) is 0.619. The molecule has 2 atom stereocenters.